The Bertz CT molecular complexity index is 1290. The van der Waals surface area contributed by atoms with E-state index in [0.29, 0.717) is 24.9 Å². The van der Waals surface area contributed by atoms with Gasteiger partial charge < -0.3 is 18.9 Å². The second kappa shape index (κ2) is 13.7. The van der Waals surface area contributed by atoms with E-state index in [1.807, 2.05) is 25.1 Å². The second-order valence-corrected chi connectivity index (χ2v) is 12.7. The van der Waals surface area contributed by atoms with Crippen LogP contribution in [0.15, 0.2) is 48.7 Å². The summed E-state index contributed by atoms with van der Waals surface area (Å²) in [5.74, 6) is 0.731. The first-order chi connectivity index (χ1) is 20.9. The van der Waals surface area contributed by atoms with E-state index in [9.17, 15) is 14.0 Å². The summed E-state index contributed by atoms with van der Waals surface area (Å²) in [6.45, 7) is 3.34. The molecular formula is C35H42FNO6. The van der Waals surface area contributed by atoms with Crippen LogP contribution in [-0.4, -0.2) is 49.1 Å². The molecule has 230 valence electrons. The van der Waals surface area contributed by atoms with Gasteiger partial charge in [-0.1, -0.05) is 24.3 Å². The van der Waals surface area contributed by atoms with Crippen molar-refractivity contribution in [3.05, 3.63) is 60.2 Å². The van der Waals surface area contributed by atoms with E-state index in [1.165, 1.54) is 12.1 Å². The fourth-order valence-electron chi connectivity index (χ4n) is 7.92. The van der Waals surface area contributed by atoms with Crippen molar-refractivity contribution in [3.8, 4) is 11.1 Å². The lowest BCUT2D eigenvalue weighted by Crippen LogP contribution is -2.44. The van der Waals surface area contributed by atoms with Crippen molar-refractivity contribution in [1.82, 2.24) is 4.98 Å². The van der Waals surface area contributed by atoms with E-state index in [-0.39, 0.29) is 60.4 Å². The number of hydrogen-bond acceptors (Lipinski definition) is 7. The average Bonchev–Trinajstić information content (AvgIpc) is 3.30. The summed E-state index contributed by atoms with van der Waals surface area (Å²) >= 11 is 0. The van der Waals surface area contributed by atoms with Crippen LogP contribution in [0.2, 0.25) is 0 Å². The highest BCUT2D eigenvalue weighted by molar-refractivity contribution is 5.76. The summed E-state index contributed by atoms with van der Waals surface area (Å²) in [5.41, 5.74) is 2.48. The largest absolute Gasteiger partial charge is 0.463 e. The van der Waals surface area contributed by atoms with Crippen LogP contribution in [0.3, 0.4) is 0 Å². The van der Waals surface area contributed by atoms with Crippen LogP contribution in [0.5, 0.6) is 0 Å². The highest BCUT2D eigenvalue weighted by Gasteiger charge is 2.54. The first-order valence-electron chi connectivity index (χ1n) is 15.9. The normalized spacial score (nSPS) is 32.2. The van der Waals surface area contributed by atoms with Crippen molar-refractivity contribution in [1.29, 1.82) is 0 Å². The van der Waals surface area contributed by atoms with Gasteiger partial charge in [0, 0.05) is 30.7 Å². The zero-order valence-corrected chi connectivity index (χ0v) is 24.9. The second-order valence-electron chi connectivity index (χ2n) is 12.7. The lowest BCUT2D eigenvalue weighted by molar-refractivity contribution is -0.174. The van der Waals surface area contributed by atoms with Gasteiger partial charge in [-0.05, 0) is 105 Å². The fraction of sp³-hybridized carbons (Fsp3) is 0.571. The summed E-state index contributed by atoms with van der Waals surface area (Å²) < 4.78 is 36.2. The zero-order chi connectivity index (χ0) is 29.8. The molecule has 8 heteroatoms. The Kier molecular flexibility index (Phi) is 9.53. The van der Waals surface area contributed by atoms with Gasteiger partial charge in [0.1, 0.15) is 18.5 Å². The first-order valence-corrected chi connectivity index (χ1v) is 15.9. The zero-order valence-electron chi connectivity index (χ0n) is 24.9. The van der Waals surface area contributed by atoms with Crippen LogP contribution in [0.1, 0.15) is 64.0 Å². The third-order valence-corrected chi connectivity index (χ3v) is 9.93. The Labute approximate surface area is 253 Å². The highest BCUT2D eigenvalue weighted by atomic mass is 19.1. The summed E-state index contributed by atoms with van der Waals surface area (Å²) in [4.78, 5) is 30.1. The third-order valence-electron chi connectivity index (χ3n) is 9.93. The van der Waals surface area contributed by atoms with E-state index in [1.54, 1.807) is 12.3 Å². The van der Waals surface area contributed by atoms with Crippen molar-refractivity contribution in [3.63, 3.8) is 0 Å². The number of hydrogen-bond donors (Lipinski definition) is 0. The van der Waals surface area contributed by atoms with E-state index in [0.717, 1.165) is 68.4 Å². The molecule has 0 spiro atoms. The molecule has 1 aromatic carbocycles. The van der Waals surface area contributed by atoms with Gasteiger partial charge in [0.15, 0.2) is 6.29 Å². The molecule has 4 fully saturated rings. The molecule has 0 N–H and O–H groups in total. The third kappa shape index (κ3) is 7.18. The molecule has 43 heavy (non-hydrogen) atoms. The molecule has 2 saturated heterocycles. The van der Waals surface area contributed by atoms with Crippen LogP contribution in [0.25, 0.3) is 17.2 Å². The molecule has 6 rings (SSSR count). The van der Waals surface area contributed by atoms with Gasteiger partial charge in [-0.15, -0.1) is 0 Å². The van der Waals surface area contributed by atoms with Gasteiger partial charge in [0.25, 0.3) is 0 Å². The molecule has 2 aliphatic heterocycles. The van der Waals surface area contributed by atoms with Crippen LogP contribution in [0.4, 0.5) is 4.39 Å². The number of benzene rings is 1. The van der Waals surface area contributed by atoms with Gasteiger partial charge in [-0.2, -0.15) is 0 Å². The molecule has 4 aliphatic rings. The minimum absolute atomic E-state index is 0.0876. The molecule has 0 amide bonds. The van der Waals surface area contributed by atoms with E-state index < -0.39 is 0 Å². The Morgan fingerprint density at radius 1 is 1.09 bits per heavy atom. The molecule has 2 saturated carbocycles. The molecule has 7 nitrogen and oxygen atoms in total. The van der Waals surface area contributed by atoms with Crippen molar-refractivity contribution >= 4 is 18.0 Å². The predicted molar refractivity (Wildman–Crippen MR) is 159 cm³/mol. The summed E-state index contributed by atoms with van der Waals surface area (Å²) in [6.07, 6.45) is 12.9. The first kappa shape index (κ1) is 29.9. The number of pyridine rings is 1. The van der Waals surface area contributed by atoms with Crippen molar-refractivity contribution < 1.29 is 32.9 Å². The monoisotopic (exact) mass is 591 g/mol. The maximum absolute atomic E-state index is 13.7. The number of carbonyl (C=O) groups is 2. The molecule has 1 aromatic heterocycles. The van der Waals surface area contributed by atoms with Crippen LogP contribution >= 0.6 is 0 Å². The molecular weight excluding hydrogens is 549 g/mol. The van der Waals surface area contributed by atoms with Crippen LogP contribution in [0, 0.1) is 41.3 Å². The molecule has 2 aromatic rings. The quantitative estimate of drug-likeness (QED) is 0.240. The van der Waals surface area contributed by atoms with Crippen LogP contribution < -0.4 is 0 Å². The van der Waals surface area contributed by atoms with Gasteiger partial charge in [-0.3, -0.25) is 14.6 Å². The number of ether oxygens (including phenoxy) is 4. The number of fused-ring (bicyclic) bond motifs is 2. The number of carbonyl (C=O) groups excluding carboxylic acids is 2. The molecule has 0 bridgehead atoms. The predicted octanol–water partition coefficient (Wildman–Crippen LogP) is 6.61. The summed E-state index contributed by atoms with van der Waals surface area (Å²) in [5, 5.41) is 0. The number of nitrogens with zero attached hydrogens (tertiary/aromatic N) is 1. The SMILES string of the molecule is C[C@H]1OC(=O)[C@@H]2C[C@@H]3C[C@H](CC(=O)OCCOC4CCCCO4)CC[C@H]3[C@H](/C=C/c3ccc(-c4cccc(F)c4)cn3)[C@H]12. The number of cyclic esters (lactones) is 1. The molecule has 0 radical (unpaired) electrons. The van der Waals surface area contributed by atoms with Crippen molar-refractivity contribution in [2.24, 2.45) is 35.5 Å². The Morgan fingerprint density at radius 3 is 2.79 bits per heavy atom. The van der Waals surface area contributed by atoms with E-state index >= 15 is 0 Å². The average molecular weight is 592 g/mol. The topological polar surface area (TPSA) is 84.0 Å². The molecule has 8 atom stereocenters. The van der Waals surface area contributed by atoms with Gasteiger partial charge in [-0.25, -0.2) is 4.39 Å². The van der Waals surface area contributed by atoms with E-state index in [4.69, 9.17) is 18.9 Å². The molecule has 1 unspecified atom stereocenters. The number of esters is 2. The highest BCUT2D eigenvalue weighted by Crippen LogP contribution is 2.54. The molecule has 3 heterocycles. The Hall–Kier alpha value is -3.10. The van der Waals surface area contributed by atoms with Crippen LogP contribution in [-0.2, 0) is 28.5 Å². The maximum atomic E-state index is 13.7. The minimum atomic E-state index is -0.271. The number of rotatable bonds is 9. The van der Waals surface area contributed by atoms with E-state index in [2.05, 4.69) is 17.1 Å². The molecule has 2 aliphatic carbocycles. The lowest BCUT2D eigenvalue weighted by atomic mass is 9.56. The summed E-state index contributed by atoms with van der Waals surface area (Å²) in [6, 6.07) is 10.4. The van der Waals surface area contributed by atoms with Gasteiger partial charge in [0.05, 0.1) is 18.2 Å². The lowest BCUT2D eigenvalue weighted by Gasteiger charge is -2.47. The number of halogens is 1. The van der Waals surface area contributed by atoms with Crippen molar-refractivity contribution in [2.45, 2.75) is 70.7 Å². The standard InChI is InChI=1S/C35H42FNO6/c1-22-34-30(13-11-28-10-9-25(21-37-28)24-5-4-6-27(36)19-24)29-12-8-23(17-26(29)20-31(34)35(39)43-22)18-32(38)40-15-16-42-33-7-2-3-14-41-33/h4-6,9-11,13,19,21-23,26,29-31,33-34H,2-3,7-8,12,14-18,20H2,1H3/b13-11+/t22-,23-,26+,29-,30+,31-,33?,34+/m1/s1. The fourth-order valence-corrected chi connectivity index (χ4v) is 7.92. The Balaban J connectivity index is 1.07. The van der Waals surface area contributed by atoms with Gasteiger partial charge in [0.2, 0.25) is 0 Å². The smallest absolute Gasteiger partial charge is 0.309 e. The van der Waals surface area contributed by atoms with Gasteiger partial charge >= 0.3 is 11.9 Å². The van der Waals surface area contributed by atoms with Crippen molar-refractivity contribution in [2.75, 3.05) is 19.8 Å². The number of allylic oxidation sites excluding steroid dienone is 1. The maximum Gasteiger partial charge on any atom is 0.309 e. The number of aromatic nitrogens is 1. The Morgan fingerprint density at radius 2 is 2.00 bits per heavy atom. The minimum Gasteiger partial charge on any atom is -0.463 e. The summed E-state index contributed by atoms with van der Waals surface area (Å²) in [7, 11) is 0.